The van der Waals surface area contributed by atoms with Gasteiger partial charge >= 0.3 is 0 Å². The molecular formula is C10H18N2. The highest BCUT2D eigenvalue weighted by Gasteiger charge is 2.44. The summed E-state index contributed by atoms with van der Waals surface area (Å²) in [6.07, 6.45) is 5.83. The fourth-order valence-corrected chi connectivity index (χ4v) is 2.86. The molecule has 12 heavy (non-hydrogen) atoms. The van der Waals surface area contributed by atoms with Gasteiger partial charge in [-0.2, -0.15) is 0 Å². The van der Waals surface area contributed by atoms with Crippen LogP contribution in [0.15, 0.2) is 0 Å². The van der Waals surface area contributed by atoms with Gasteiger partial charge < -0.3 is 5.32 Å². The zero-order chi connectivity index (χ0) is 8.02. The van der Waals surface area contributed by atoms with Crippen LogP contribution in [-0.2, 0) is 0 Å². The third kappa shape index (κ3) is 1.09. The summed E-state index contributed by atoms with van der Waals surface area (Å²) in [7, 11) is 0. The molecule has 1 N–H and O–H groups in total. The normalized spacial score (nSPS) is 43.0. The van der Waals surface area contributed by atoms with E-state index in [1.165, 1.54) is 51.9 Å². The van der Waals surface area contributed by atoms with E-state index in [2.05, 4.69) is 10.2 Å². The quantitative estimate of drug-likeness (QED) is 0.621. The van der Waals surface area contributed by atoms with Crippen molar-refractivity contribution in [2.75, 3.05) is 26.2 Å². The Bertz CT molecular complexity index is 180. The molecule has 2 saturated heterocycles. The van der Waals surface area contributed by atoms with E-state index in [9.17, 15) is 0 Å². The van der Waals surface area contributed by atoms with Crippen LogP contribution >= 0.6 is 0 Å². The molecule has 2 aliphatic heterocycles. The van der Waals surface area contributed by atoms with Gasteiger partial charge in [0, 0.05) is 19.1 Å². The number of rotatable bonds is 1. The van der Waals surface area contributed by atoms with Gasteiger partial charge in [-0.15, -0.1) is 0 Å². The number of likely N-dealkylation sites (tertiary alicyclic amines) is 1. The highest BCUT2D eigenvalue weighted by Crippen LogP contribution is 2.40. The highest BCUT2D eigenvalue weighted by molar-refractivity contribution is 4.99. The first-order valence-electron chi connectivity index (χ1n) is 5.33. The van der Waals surface area contributed by atoms with Crippen LogP contribution in [0.5, 0.6) is 0 Å². The van der Waals surface area contributed by atoms with Crippen molar-refractivity contribution < 1.29 is 0 Å². The van der Waals surface area contributed by atoms with E-state index in [-0.39, 0.29) is 0 Å². The minimum atomic E-state index is 0.697. The van der Waals surface area contributed by atoms with Crippen LogP contribution < -0.4 is 5.32 Å². The fraction of sp³-hybridized carbons (Fsp3) is 1.00. The summed E-state index contributed by atoms with van der Waals surface area (Å²) < 4.78 is 0. The Morgan fingerprint density at radius 3 is 2.83 bits per heavy atom. The molecule has 3 aliphatic rings. The molecule has 0 radical (unpaired) electrons. The average Bonchev–Trinajstić information content (AvgIpc) is 2.72. The Morgan fingerprint density at radius 1 is 1.25 bits per heavy atom. The number of nitrogens with zero attached hydrogens (tertiary/aromatic N) is 1. The molecule has 0 aromatic rings. The Hall–Kier alpha value is -0.0800. The number of hydrogen-bond donors (Lipinski definition) is 1. The van der Waals surface area contributed by atoms with Crippen LogP contribution in [0.1, 0.15) is 25.7 Å². The van der Waals surface area contributed by atoms with Gasteiger partial charge in [0.15, 0.2) is 0 Å². The lowest BCUT2D eigenvalue weighted by Crippen LogP contribution is -2.30. The second-order valence-corrected chi connectivity index (χ2v) is 4.88. The summed E-state index contributed by atoms with van der Waals surface area (Å²) in [5.74, 6) is 0. The maximum atomic E-state index is 3.51. The first-order chi connectivity index (χ1) is 5.88. The lowest BCUT2D eigenvalue weighted by molar-refractivity contribution is 0.267. The van der Waals surface area contributed by atoms with Crippen LogP contribution in [-0.4, -0.2) is 37.1 Å². The van der Waals surface area contributed by atoms with Crippen molar-refractivity contribution in [1.82, 2.24) is 10.2 Å². The standard InChI is InChI=1S/C10H18N2/c1-2-9(1)12-6-4-10(8-12)3-5-11-7-10/h9,11H,1-8H2/t10-/m0/s1. The third-order valence-corrected chi connectivity index (χ3v) is 3.86. The van der Waals surface area contributed by atoms with Crippen LogP contribution in [0.3, 0.4) is 0 Å². The van der Waals surface area contributed by atoms with Crippen molar-refractivity contribution >= 4 is 0 Å². The summed E-state index contributed by atoms with van der Waals surface area (Å²) in [5.41, 5.74) is 0.697. The lowest BCUT2D eigenvalue weighted by atomic mass is 9.87. The van der Waals surface area contributed by atoms with Gasteiger partial charge in [-0.1, -0.05) is 0 Å². The molecule has 2 nitrogen and oxygen atoms in total. The molecule has 2 heteroatoms. The molecule has 1 spiro atoms. The zero-order valence-corrected chi connectivity index (χ0v) is 7.68. The second kappa shape index (κ2) is 2.46. The fourth-order valence-electron chi connectivity index (χ4n) is 2.86. The van der Waals surface area contributed by atoms with E-state index in [4.69, 9.17) is 0 Å². The number of nitrogens with one attached hydrogen (secondary N) is 1. The average molecular weight is 166 g/mol. The van der Waals surface area contributed by atoms with Gasteiger partial charge in [0.1, 0.15) is 0 Å². The van der Waals surface area contributed by atoms with Gasteiger partial charge in [0.25, 0.3) is 0 Å². The lowest BCUT2D eigenvalue weighted by Gasteiger charge is -2.22. The van der Waals surface area contributed by atoms with Crippen molar-refractivity contribution in [3.8, 4) is 0 Å². The van der Waals surface area contributed by atoms with Crippen LogP contribution in [0.4, 0.5) is 0 Å². The van der Waals surface area contributed by atoms with Crippen LogP contribution in [0.25, 0.3) is 0 Å². The van der Waals surface area contributed by atoms with Crippen LogP contribution in [0, 0.1) is 5.41 Å². The molecule has 2 heterocycles. The predicted molar refractivity (Wildman–Crippen MR) is 49.1 cm³/mol. The topological polar surface area (TPSA) is 15.3 Å². The van der Waals surface area contributed by atoms with Crippen LogP contribution in [0.2, 0.25) is 0 Å². The summed E-state index contributed by atoms with van der Waals surface area (Å²) in [4.78, 5) is 2.73. The van der Waals surface area contributed by atoms with Crippen molar-refractivity contribution in [2.45, 2.75) is 31.7 Å². The Balaban J connectivity index is 1.68. The molecule has 0 bridgehead atoms. The van der Waals surface area contributed by atoms with E-state index in [1.807, 2.05) is 0 Å². The van der Waals surface area contributed by atoms with Crippen molar-refractivity contribution in [2.24, 2.45) is 5.41 Å². The van der Waals surface area contributed by atoms with Crippen molar-refractivity contribution in [1.29, 1.82) is 0 Å². The SMILES string of the molecule is C1C[C@]2(CCN(C3CC3)C2)CN1. The minimum Gasteiger partial charge on any atom is -0.316 e. The molecule has 0 amide bonds. The first kappa shape index (κ1) is 7.34. The maximum Gasteiger partial charge on any atom is 0.00966 e. The molecular weight excluding hydrogens is 148 g/mol. The van der Waals surface area contributed by atoms with E-state index >= 15 is 0 Å². The summed E-state index contributed by atoms with van der Waals surface area (Å²) in [6, 6.07) is 0.991. The van der Waals surface area contributed by atoms with Gasteiger partial charge in [-0.05, 0) is 44.2 Å². The Kier molecular flexibility index (Phi) is 1.50. The first-order valence-corrected chi connectivity index (χ1v) is 5.33. The number of hydrogen-bond acceptors (Lipinski definition) is 2. The molecule has 68 valence electrons. The zero-order valence-electron chi connectivity index (χ0n) is 7.68. The van der Waals surface area contributed by atoms with Gasteiger partial charge in [0.2, 0.25) is 0 Å². The third-order valence-electron chi connectivity index (χ3n) is 3.86. The molecule has 0 aromatic carbocycles. The van der Waals surface area contributed by atoms with Gasteiger partial charge in [-0.25, -0.2) is 0 Å². The molecule has 1 saturated carbocycles. The molecule has 3 fully saturated rings. The summed E-state index contributed by atoms with van der Waals surface area (Å²) >= 11 is 0. The van der Waals surface area contributed by atoms with E-state index in [1.54, 1.807) is 0 Å². The predicted octanol–water partition coefficient (Wildman–Crippen LogP) is 0.834. The molecule has 1 aliphatic carbocycles. The molecule has 0 aromatic heterocycles. The Morgan fingerprint density at radius 2 is 2.17 bits per heavy atom. The summed E-state index contributed by atoms with van der Waals surface area (Å²) in [5, 5.41) is 3.51. The van der Waals surface area contributed by atoms with Gasteiger partial charge in [-0.3, -0.25) is 4.90 Å². The highest BCUT2D eigenvalue weighted by atomic mass is 15.2. The van der Waals surface area contributed by atoms with Crippen molar-refractivity contribution in [3.63, 3.8) is 0 Å². The Labute approximate surface area is 74.3 Å². The smallest absolute Gasteiger partial charge is 0.00966 e. The molecule has 3 rings (SSSR count). The van der Waals surface area contributed by atoms with Crippen molar-refractivity contribution in [3.05, 3.63) is 0 Å². The summed E-state index contributed by atoms with van der Waals surface area (Å²) in [6.45, 7) is 5.33. The van der Waals surface area contributed by atoms with Gasteiger partial charge in [0.05, 0.1) is 0 Å². The monoisotopic (exact) mass is 166 g/mol. The van der Waals surface area contributed by atoms with E-state index in [0.29, 0.717) is 5.41 Å². The minimum absolute atomic E-state index is 0.697. The molecule has 0 unspecified atom stereocenters. The maximum absolute atomic E-state index is 3.51. The largest absolute Gasteiger partial charge is 0.316 e. The molecule has 1 atom stereocenters. The second-order valence-electron chi connectivity index (χ2n) is 4.88. The van der Waals surface area contributed by atoms with E-state index < -0.39 is 0 Å². The van der Waals surface area contributed by atoms with E-state index in [0.717, 1.165) is 6.04 Å².